The minimum absolute atomic E-state index is 0.0979. The zero-order valence-corrected chi connectivity index (χ0v) is 12.1. The Hall–Kier alpha value is -1.42. The molecule has 4 fully saturated rings. The van der Waals surface area contributed by atoms with E-state index in [2.05, 4.69) is 5.32 Å². The van der Waals surface area contributed by atoms with Crippen molar-refractivity contribution in [2.24, 2.45) is 17.6 Å². The molecule has 0 heterocycles. The van der Waals surface area contributed by atoms with Crippen LogP contribution in [0.5, 0.6) is 0 Å². The molecule has 4 atom stereocenters. The number of benzene rings is 1. The number of carbonyl (C=O) groups excluding carboxylic acids is 1. The third-order valence-corrected chi connectivity index (χ3v) is 5.57. The summed E-state index contributed by atoms with van der Waals surface area (Å²) in [5.74, 6) is 0.747. The van der Waals surface area contributed by atoms with E-state index in [0.29, 0.717) is 17.4 Å². The molecule has 1 aromatic rings. The van der Waals surface area contributed by atoms with Crippen molar-refractivity contribution in [1.29, 1.82) is 0 Å². The Bertz CT molecular complexity index is 586. The number of nitrogens with one attached hydrogen (secondary N) is 1. The maximum atomic E-state index is 13.3. The molecule has 1 amide bonds. The molecule has 3 N–H and O–H groups in total. The third kappa shape index (κ3) is 2.26. The van der Waals surface area contributed by atoms with Crippen LogP contribution in [0.4, 0.5) is 4.39 Å². The number of hydrogen-bond donors (Lipinski definition) is 2. The Morgan fingerprint density at radius 1 is 1.24 bits per heavy atom. The quantitative estimate of drug-likeness (QED) is 0.879. The van der Waals surface area contributed by atoms with Crippen molar-refractivity contribution in [3.8, 4) is 0 Å². The summed E-state index contributed by atoms with van der Waals surface area (Å²) in [6.45, 7) is 0. The van der Waals surface area contributed by atoms with Gasteiger partial charge in [-0.15, -0.1) is 0 Å². The highest BCUT2D eigenvalue weighted by Crippen LogP contribution is 2.56. The van der Waals surface area contributed by atoms with Gasteiger partial charge in [0.05, 0.1) is 0 Å². The zero-order valence-electron chi connectivity index (χ0n) is 12.1. The van der Waals surface area contributed by atoms with E-state index in [0.717, 1.165) is 32.1 Å². The number of nitrogens with two attached hydrogens (primary N) is 1. The number of rotatable bonds is 2. The highest BCUT2D eigenvalue weighted by Gasteiger charge is 2.56. The van der Waals surface area contributed by atoms with Crippen LogP contribution in [0.2, 0.25) is 0 Å². The lowest BCUT2D eigenvalue weighted by atomic mass is 9.50. The lowest BCUT2D eigenvalue weighted by molar-refractivity contribution is -0.0321. The molecule has 4 saturated carbocycles. The summed E-state index contributed by atoms with van der Waals surface area (Å²) in [6.07, 6.45) is 6.39. The summed E-state index contributed by atoms with van der Waals surface area (Å²) in [4.78, 5) is 12.5. The van der Waals surface area contributed by atoms with Gasteiger partial charge < -0.3 is 11.1 Å². The maximum absolute atomic E-state index is 13.3. The second kappa shape index (κ2) is 4.29. The van der Waals surface area contributed by atoms with E-state index in [1.54, 1.807) is 12.1 Å². The molecule has 0 radical (unpaired) electrons. The van der Waals surface area contributed by atoms with Crippen molar-refractivity contribution in [3.05, 3.63) is 35.6 Å². The van der Waals surface area contributed by atoms with Crippen LogP contribution in [0.3, 0.4) is 0 Å². The molecule has 4 aliphatic carbocycles. The van der Waals surface area contributed by atoms with Gasteiger partial charge in [-0.3, -0.25) is 4.79 Å². The van der Waals surface area contributed by atoms with Crippen molar-refractivity contribution < 1.29 is 9.18 Å². The van der Waals surface area contributed by atoms with Gasteiger partial charge in [0.2, 0.25) is 0 Å². The molecule has 4 heteroatoms. The van der Waals surface area contributed by atoms with E-state index in [4.69, 9.17) is 5.73 Å². The standard InChI is InChI=1S/C17H21FN2O/c18-14-3-1-2-13(5-14)15(21)20-17-8-11-4-12(9-17)7-16(19,6-11)10-17/h1-3,5,11-12H,4,6-10,19H2,(H,20,21)/t11-,12+,16?,17?. The van der Waals surface area contributed by atoms with Gasteiger partial charge in [0.1, 0.15) is 5.82 Å². The number of hydrogen-bond acceptors (Lipinski definition) is 2. The Kier molecular flexibility index (Phi) is 2.71. The fraction of sp³-hybridized carbons (Fsp3) is 0.588. The fourth-order valence-electron chi connectivity index (χ4n) is 5.42. The Labute approximate surface area is 124 Å². The second-order valence-electron chi connectivity index (χ2n) is 7.57. The van der Waals surface area contributed by atoms with E-state index < -0.39 is 0 Å². The van der Waals surface area contributed by atoms with Crippen LogP contribution in [0.15, 0.2) is 24.3 Å². The molecule has 0 aliphatic heterocycles. The van der Waals surface area contributed by atoms with Crippen LogP contribution in [-0.4, -0.2) is 17.0 Å². The third-order valence-electron chi connectivity index (χ3n) is 5.57. The normalized spacial score (nSPS) is 40.3. The van der Waals surface area contributed by atoms with Crippen LogP contribution in [0.25, 0.3) is 0 Å². The van der Waals surface area contributed by atoms with E-state index in [1.165, 1.54) is 18.6 Å². The molecule has 2 unspecified atom stereocenters. The summed E-state index contributed by atoms with van der Waals surface area (Å²) in [5.41, 5.74) is 6.67. The molecular formula is C17H21FN2O. The van der Waals surface area contributed by atoms with Crippen molar-refractivity contribution in [2.75, 3.05) is 0 Å². The SMILES string of the molecule is NC12C[C@H]3C[C@@H](C1)CC(NC(=O)c1cccc(F)c1)(C3)C2. The Balaban J connectivity index is 1.58. The number of carbonyl (C=O) groups is 1. The summed E-state index contributed by atoms with van der Waals surface area (Å²) in [5, 5.41) is 3.21. The van der Waals surface area contributed by atoms with E-state index in [-0.39, 0.29) is 22.8 Å². The van der Waals surface area contributed by atoms with Gasteiger partial charge in [-0.25, -0.2) is 4.39 Å². The first-order chi connectivity index (χ1) is 9.95. The smallest absolute Gasteiger partial charge is 0.251 e. The van der Waals surface area contributed by atoms with Crippen molar-refractivity contribution in [2.45, 2.75) is 49.6 Å². The number of amides is 1. The molecule has 5 rings (SSSR count). The average Bonchev–Trinajstić information content (AvgIpc) is 2.34. The second-order valence-corrected chi connectivity index (χ2v) is 7.57. The van der Waals surface area contributed by atoms with Gasteiger partial charge in [-0.05, 0) is 68.6 Å². The van der Waals surface area contributed by atoms with Crippen LogP contribution >= 0.6 is 0 Å². The van der Waals surface area contributed by atoms with Gasteiger partial charge in [-0.2, -0.15) is 0 Å². The molecular weight excluding hydrogens is 267 g/mol. The molecule has 4 bridgehead atoms. The largest absolute Gasteiger partial charge is 0.347 e. The van der Waals surface area contributed by atoms with Gasteiger partial charge in [0, 0.05) is 16.6 Å². The average molecular weight is 288 g/mol. The van der Waals surface area contributed by atoms with Gasteiger partial charge >= 0.3 is 0 Å². The first-order valence-electron chi connectivity index (χ1n) is 7.82. The highest BCUT2D eigenvalue weighted by molar-refractivity contribution is 5.94. The van der Waals surface area contributed by atoms with Gasteiger partial charge in [-0.1, -0.05) is 6.07 Å². The van der Waals surface area contributed by atoms with Crippen molar-refractivity contribution >= 4 is 5.91 Å². The number of halogens is 1. The first-order valence-corrected chi connectivity index (χ1v) is 7.82. The molecule has 4 aliphatic rings. The fourth-order valence-corrected chi connectivity index (χ4v) is 5.42. The van der Waals surface area contributed by atoms with Crippen LogP contribution in [-0.2, 0) is 0 Å². The van der Waals surface area contributed by atoms with Crippen molar-refractivity contribution in [1.82, 2.24) is 5.32 Å². The highest BCUT2D eigenvalue weighted by atomic mass is 19.1. The van der Waals surface area contributed by atoms with E-state index in [9.17, 15) is 9.18 Å². The summed E-state index contributed by atoms with van der Waals surface area (Å²) >= 11 is 0. The van der Waals surface area contributed by atoms with Gasteiger partial charge in [0.15, 0.2) is 0 Å². The molecule has 3 nitrogen and oxygen atoms in total. The van der Waals surface area contributed by atoms with Crippen LogP contribution in [0, 0.1) is 17.7 Å². The molecule has 1 aromatic carbocycles. The van der Waals surface area contributed by atoms with E-state index >= 15 is 0 Å². The lowest BCUT2D eigenvalue weighted by Gasteiger charge is -2.61. The first kappa shape index (κ1) is 13.3. The maximum Gasteiger partial charge on any atom is 0.251 e. The van der Waals surface area contributed by atoms with Crippen LogP contribution < -0.4 is 11.1 Å². The molecule has 0 spiro atoms. The topological polar surface area (TPSA) is 55.1 Å². The van der Waals surface area contributed by atoms with Crippen LogP contribution in [0.1, 0.15) is 48.9 Å². The predicted octanol–water partition coefficient (Wildman–Crippen LogP) is 2.61. The van der Waals surface area contributed by atoms with Crippen molar-refractivity contribution in [3.63, 3.8) is 0 Å². The Morgan fingerprint density at radius 3 is 2.57 bits per heavy atom. The molecule has 112 valence electrons. The minimum Gasteiger partial charge on any atom is -0.347 e. The Morgan fingerprint density at radius 2 is 1.95 bits per heavy atom. The lowest BCUT2D eigenvalue weighted by Crippen LogP contribution is -2.68. The molecule has 21 heavy (non-hydrogen) atoms. The predicted molar refractivity (Wildman–Crippen MR) is 78.2 cm³/mol. The zero-order chi connectivity index (χ0) is 14.7. The minimum atomic E-state index is -0.372. The molecule has 0 aromatic heterocycles. The summed E-state index contributed by atoms with van der Waals surface area (Å²) < 4.78 is 13.3. The summed E-state index contributed by atoms with van der Waals surface area (Å²) in [7, 11) is 0. The van der Waals surface area contributed by atoms with Gasteiger partial charge in [0.25, 0.3) is 5.91 Å². The molecule has 0 saturated heterocycles. The monoisotopic (exact) mass is 288 g/mol. The van der Waals surface area contributed by atoms with E-state index in [1.807, 2.05) is 0 Å². The summed E-state index contributed by atoms with van der Waals surface area (Å²) in [6, 6.07) is 5.90.